The van der Waals surface area contributed by atoms with E-state index < -0.39 is 0 Å². The zero-order valence-electron chi connectivity index (χ0n) is 11.1. The number of aromatic nitrogens is 1. The van der Waals surface area contributed by atoms with Crippen LogP contribution in [0.5, 0.6) is 5.75 Å². The van der Waals surface area contributed by atoms with Gasteiger partial charge in [0.05, 0.1) is 11.8 Å². The summed E-state index contributed by atoms with van der Waals surface area (Å²) in [4.78, 5) is 15.6. The third kappa shape index (κ3) is 4.33. The summed E-state index contributed by atoms with van der Waals surface area (Å²) in [6.45, 7) is 5.29. The van der Waals surface area contributed by atoms with Crippen LogP contribution in [0.1, 0.15) is 30.6 Å². The van der Waals surface area contributed by atoms with Crippen molar-refractivity contribution >= 4 is 5.91 Å². The third-order valence-corrected chi connectivity index (χ3v) is 2.76. The summed E-state index contributed by atoms with van der Waals surface area (Å²) in [6, 6.07) is 1.49. The summed E-state index contributed by atoms with van der Waals surface area (Å²) in [5.74, 6) is -0.398. The van der Waals surface area contributed by atoms with Crippen molar-refractivity contribution in [1.82, 2.24) is 10.3 Å². The van der Waals surface area contributed by atoms with Gasteiger partial charge in [-0.3, -0.25) is 9.78 Å². The molecule has 0 unspecified atom stereocenters. The number of methoxy groups -OCH3 is 1. The Labute approximate surface area is 107 Å². The fraction of sp³-hybridized carbons (Fsp3) is 0.538. The number of amides is 1. The molecule has 1 heterocycles. The topological polar surface area (TPSA) is 71.5 Å². The first-order chi connectivity index (χ1) is 8.46. The summed E-state index contributed by atoms with van der Waals surface area (Å²) in [7, 11) is 1.66. The monoisotopic (exact) mass is 252 g/mol. The minimum Gasteiger partial charge on any atom is -0.505 e. The van der Waals surface area contributed by atoms with E-state index in [-0.39, 0.29) is 22.6 Å². The van der Waals surface area contributed by atoms with E-state index >= 15 is 0 Å². The summed E-state index contributed by atoms with van der Waals surface area (Å²) < 4.78 is 5.03. The average Bonchev–Trinajstić information content (AvgIpc) is 2.34. The number of hydrogen-bond acceptors (Lipinski definition) is 4. The molecule has 0 atom stereocenters. The van der Waals surface area contributed by atoms with Crippen molar-refractivity contribution in [3.63, 3.8) is 0 Å². The molecule has 1 aromatic rings. The first-order valence-electron chi connectivity index (χ1n) is 5.86. The molecule has 2 N–H and O–H groups in total. The molecule has 0 spiro atoms. The quantitative estimate of drug-likeness (QED) is 0.806. The molecule has 0 aromatic carbocycles. The van der Waals surface area contributed by atoms with Crippen LogP contribution in [0, 0.1) is 5.41 Å². The molecule has 0 aliphatic rings. The van der Waals surface area contributed by atoms with Crippen LogP contribution >= 0.6 is 0 Å². The summed E-state index contributed by atoms with van der Waals surface area (Å²) in [6.07, 6.45) is 3.59. The van der Waals surface area contributed by atoms with Crippen LogP contribution in [0.2, 0.25) is 0 Å². The third-order valence-electron chi connectivity index (χ3n) is 2.76. The molecule has 0 bridgehead atoms. The average molecular weight is 252 g/mol. The van der Waals surface area contributed by atoms with Crippen LogP contribution in [0.4, 0.5) is 0 Å². The van der Waals surface area contributed by atoms with Gasteiger partial charge in [-0.2, -0.15) is 0 Å². The van der Waals surface area contributed by atoms with Crippen LogP contribution in [0.3, 0.4) is 0 Å². The molecule has 100 valence electrons. The number of carbonyl (C=O) groups excluding carboxylic acids is 1. The highest BCUT2D eigenvalue weighted by Crippen LogP contribution is 2.20. The normalized spacial score (nSPS) is 11.3. The van der Waals surface area contributed by atoms with Crippen LogP contribution < -0.4 is 5.32 Å². The van der Waals surface area contributed by atoms with Crippen LogP contribution in [-0.4, -0.2) is 36.3 Å². The minimum atomic E-state index is -0.291. The molecular weight excluding hydrogens is 232 g/mol. The smallest absolute Gasteiger partial charge is 0.255 e. The van der Waals surface area contributed by atoms with E-state index in [1.807, 2.05) is 0 Å². The van der Waals surface area contributed by atoms with Gasteiger partial charge in [-0.15, -0.1) is 0 Å². The fourth-order valence-corrected chi connectivity index (χ4v) is 1.46. The molecule has 0 aliphatic heterocycles. The zero-order valence-corrected chi connectivity index (χ0v) is 11.1. The molecule has 0 saturated carbocycles. The Balaban J connectivity index is 2.54. The maximum atomic E-state index is 11.9. The van der Waals surface area contributed by atoms with E-state index in [1.54, 1.807) is 7.11 Å². The zero-order chi connectivity index (χ0) is 13.6. The lowest BCUT2D eigenvalue weighted by Gasteiger charge is -2.24. The summed E-state index contributed by atoms with van der Waals surface area (Å²) in [5, 5.41) is 12.3. The van der Waals surface area contributed by atoms with Crippen LogP contribution in [-0.2, 0) is 4.74 Å². The number of hydrogen-bond donors (Lipinski definition) is 2. The molecule has 0 radical (unpaired) electrons. The Hall–Kier alpha value is -1.62. The SMILES string of the molecule is COCCC(C)(C)CNC(=O)c1ccncc1O. The second-order valence-corrected chi connectivity index (χ2v) is 4.98. The van der Waals surface area contributed by atoms with E-state index in [0.29, 0.717) is 13.2 Å². The van der Waals surface area contributed by atoms with E-state index in [4.69, 9.17) is 4.74 Å². The molecule has 1 rings (SSSR count). The predicted octanol–water partition coefficient (Wildman–Crippen LogP) is 1.58. The van der Waals surface area contributed by atoms with Crippen molar-refractivity contribution in [2.24, 2.45) is 5.41 Å². The van der Waals surface area contributed by atoms with Crippen molar-refractivity contribution in [3.8, 4) is 5.75 Å². The first kappa shape index (κ1) is 14.4. The molecule has 18 heavy (non-hydrogen) atoms. The number of pyridine rings is 1. The molecule has 5 nitrogen and oxygen atoms in total. The number of rotatable bonds is 6. The Morgan fingerprint density at radius 2 is 2.28 bits per heavy atom. The molecule has 1 aromatic heterocycles. The van der Waals surface area contributed by atoms with Gasteiger partial charge in [-0.25, -0.2) is 0 Å². The van der Waals surface area contributed by atoms with Gasteiger partial charge in [0.25, 0.3) is 5.91 Å². The number of nitrogens with one attached hydrogen (secondary N) is 1. The highest BCUT2D eigenvalue weighted by molar-refractivity contribution is 5.96. The second-order valence-electron chi connectivity index (χ2n) is 4.98. The minimum absolute atomic E-state index is 0.0473. The van der Waals surface area contributed by atoms with E-state index in [2.05, 4.69) is 24.1 Å². The lowest BCUT2D eigenvalue weighted by Crippen LogP contribution is -2.34. The van der Waals surface area contributed by atoms with E-state index in [1.165, 1.54) is 18.5 Å². The van der Waals surface area contributed by atoms with Gasteiger partial charge >= 0.3 is 0 Å². The lowest BCUT2D eigenvalue weighted by atomic mass is 9.89. The van der Waals surface area contributed by atoms with Crippen LogP contribution in [0.15, 0.2) is 18.5 Å². The highest BCUT2D eigenvalue weighted by atomic mass is 16.5. The van der Waals surface area contributed by atoms with Gasteiger partial charge in [-0.05, 0) is 17.9 Å². The number of nitrogens with zero attached hydrogens (tertiary/aromatic N) is 1. The highest BCUT2D eigenvalue weighted by Gasteiger charge is 2.19. The van der Waals surface area contributed by atoms with Gasteiger partial charge in [-0.1, -0.05) is 13.8 Å². The molecule has 0 saturated heterocycles. The molecule has 0 aliphatic carbocycles. The Morgan fingerprint density at radius 3 is 2.89 bits per heavy atom. The van der Waals surface area contributed by atoms with Gasteiger partial charge in [0.1, 0.15) is 5.75 Å². The maximum absolute atomic E-state index is 11.9. The molecule has 5 heteroatoms. The van der Waals surface area contributed by atoms with Crippen molar-refractivity contribution in [1.29, 1.82) is 0 Å². The number of aromatic hydroxyl groups is 1. The van der Waals surface area contributed by atoms with Crippen molar-refractivity contribution in [2.45, 2.75) is 20.3 Å². The van der Waals surface area contributed by atoms with E-state index in [0.717, 1.165) is 6.42 Å². The Bertz CT molecular complexity index is 405. The predicted molar refractivity (Wildman–Crippen MR) is 68.5 cm³/mol. The summed E-state index contributed by atoms with van der Waals surface area (Å²) >= 11 is 0. The fourth-order valence-electron chi connectivity index (χ4n) is 1.46. The molecular formula is C13H20N2O3. The second kappa shape index (κ2) is 6.35. The first-order valence-corrected chi connectivity index (χ1v) is 5.86. The van der Waals surface area contributed by atoms with E-state index in [9.17, 15) is 9.90 Å². The van der Waals surface area contributed by atoms with Gasteiger partial charge < -0.3 is 15.2 Å². The van der Waals surface area contributed by atoms with Crippen molar-refractivity contribution in [2.75, 3.05) is 20.3 Å². The molecule has 1 amide bonds. The Kier molecular flexibility index (Phi) is 5.09. The lowest BCUT2D eigenvalue weighted by molar-refractivity contribution is 0.0918. The van der Waals surface area contributed by atoms with Gasteiger partial charge in [0, 0.05) is 26.5 Å². The number of carbonyl (C=O) groups is 1. The van der Waals surface area contributed by atoms with Crippen molar-refractivity contribution < 1.29 is 14.6 Å². The Morgan fingerprint density at radius 1 is 1.56 bits per heavy atom. The standard InChI is InChI=1S/C13H20N2O3/c1-13(2,5-7-18-3)9-15-12(17)10-4-6-14-8-11(10)16/h4,6,8,16H,5,7,9H2,1-3H3,(H,15,17). The van der Waals surface area contributed by atoms with Gasteiger partial charge in [0.15, 0.2) is 0 Å². The maximum Gasteiger partial charge on any atom is 0.255 e. The van der Waals surface area contributed by atoms with Crippen molar-refractivity contribution in [3.05, 3.63) is 24.0 Å². The van der Waals surface area contributed by atoms with Gasteiger partial charge in [0.2, 0.25) is 0 Å². The number of ether oxygens (including phenoxy) is 1. The molecule has 0 fully saturated rings. The summed E-state index contributed by atoms with van der Waals surface area (Å²) in [5.41, 5.74) is 0.196. The largest absolute Gasteiger partial charge is 0.505 e. The van der Waals surface area contributed by atoms with Crippen LogP contribution in [0.25, 0.3) is 0 Å².